The van der Waals surface area contributed by atoms with E-state index in [2.05, 4.69) is 39.8 Å². The minimum absolute atomic E-state index is 0.358. The summed E-state index contributed by atoms with van der Waals surface area (Å²) in [6.45, 7) is 5.95. The van der Waals surface area contributed by atoms with Crippen molar-refractivity contribution in [3.05, 3.63) is 102 Å². The molecule has 0 N–H and O–H groups in total. The lowest BCUT2D eigenvalue weighted by molar-refractivity contribution is 0.0601. The first-order valence-corrected chi connectivity index (χ1v) is 10.7. The highest BCUT2D eigenvalue weighted by atomic mass is 16.5. The van der Waals surface area contributed by atoms with E-state index in [-0.39, 0.29) is 5.97 Å². The lowest BCUT2D eigenvalue weighted by Crippen LogP contribution is -2.03. The molecule has 162 valence electrons. The number of methoxy groups -OCH3 is 1. The summed E-state index contributed by atoms with van der Waals surface area (Å²) in [7, 11) is 1.40. The summed E-state index contributed by atoms with van der Waals surface area (Å²) in [5, 5.41) is 0. The molecule has 2 heterocycles. The Morgan fingerprint density at radius 1 is 1.00 bits per heavy atom. The average molecular weight is 434 g/mol. The second kappa shape index (κ2) is 8.28. The van der Waals surface area contributed by atoms with Gasteiger partial charge in [0.15, 0.2) is 0 Å². The summed E-state index contributed by atoms with van der Waals surface area (Å²) in [6, 6.07) is 23.9. The molecule has 0 bridgehead atoms. The molecule has 0 saturated carbocycles. The molecule has 0 aliphatic rings. The Hall–Kier alpha value is -4.38. The van der Waals surface area contributed by atoms with Crippen LogP contribution in [0.2, 0.25) is 0 Å². The molecule has 5 nitrogen and oxygen atoms in total. The van der Waals surface area contributed by atoms with E-state index in [0.29, 0.717) is 5.56 Å². The van der Waals surface area contributed by atoms with Crippen LogP contribution >= 0.6 is 0 Å². The van der Waals surface area contributed by atoms with E-state index in [1.54, 1.807) is 12.1 Å². The number of imidazole rings is 2. The molecule has 0 spiro atoms. The fourth-order valence-corrected chi connectivity index (χ4v) is 4.31. The Labute approximate surface area is 191 Å². The molecule has 0 saturated heterocycles. The van der Waals surface area contributed by atoms with Crippen molar-refractivity contribution in [1.82, 2.24) is 14.0 Å². The Morgan fingerprint density at radius 2 is 1.76 bits per heavy atom. The molecule has 5 heteroatoms. The van der Waals surface area contributed by atoms with E-state index in [9.17, 15) is 4.79 Å². The Bertz CT molecular complexity index is 1540. The summed E-state index contributed by atoms with van der Waals surface area (Å²) in [5.41, 5.74) is 7.08. The summed E-state index contributed by atoms with van der Waals surface area (Å²) >= 11 is 0. The number of hydrogen-bond acceptors (Lipinski definition) is 3. The summed E-state index contributed by atoms with van der Waals surface area (Å²) < 4.78 is 9.30. The van der Waals surface area contributed by atoms with Gasteiger partial charge in [0.2, 0.25) is 5.78 Å². The molecule has 0 unspecified atom stereocenters. The maximum Gasteiger partial charge on any atom is 0.338 e. The number of carbonyl (C=O) groups is 1. The molecule has 33 heavy (non-hydrogen) atoms. The topological polar surface area (TPSA) is 48.5 Å². The zero-order chi connectivity index (χ0) is 22.9. The minimum Gasteiger partial charge on any atom is -0.465 e. The molecule has 0 aliphatic carbocycles. The molecule has 0 atom stereocenters. The van der Waals surface area contributed by atoms with Crippen LogP contribution in [0.4, 0.5) is 0 Å². The molecule has 0 amide bonds. The maximum absolute atomic E-state index is 12.4. The Kier molecular flexibility index (Phi) is 5.15. The normalized spacial score (nSPS) is 11.5. The molecular weight excluding hydrogens is 410 g/mol. The van der Waals surface area contributed by atoms with Crippen LogP contribution in [0.15, 0.2) is 85.5 Å². The van der Waals surface area contributed by atoms with E-state index in [0.717, 1.165) is 45.0 Å². The number of hydrogen-bond donors (Lipinski definition) is 0. The Morgan fingerprint density at radius 3 is 2.48 bits per heavy atom. The first kappa shape index (κ1) is 20.5. The van der Waals surface area contributed by atoms with Crippen LogP contribution in [-0.4, -0.2) is 27.0 Å². The average Bonchev–Trinajstić information content (AvgIpc) is 3.38. The van der Waals surface area contributed by atoms with E-state index in [1.807, 2.05) is 61.5 Å². The highest BCUT2D eigenvalue weighted by Gasteiger charge is 2.20. The molecule has 0 radical (unpaired) electrons. The molecular formula is C28H23N3O2. The van der Waals surface area contributed by atoms with Crippen LogP contribution in [0.3, 0.4) is 0 Å². The maximum atomic E-state index is 12.4. The van der Waals surface area contributed by atoms with Gasteiger partial charge in [-0.05, 0) is 60.5 Å². The third kappa shape index (κ3) is 3.26. The summed E-state index contributed by atoms with van der Waals surface area (Å²) in [5.74, 6) is 0.446. The first-order valence-electron chi connectivity index (χ1n) is 10.7. The molecule has 0 fully saturated rings. The zero-order valence-electron chi connectivity index (χ0n) is 18.5. The van der Waals surface area contributed by atoms with Crippen LogP contribution in [0.5, 0.6) is 0 Å². The van der Waals surface area contributed by atoms with Crippen molar-refractivity contribution in [2.75, 3.05) is 7.11 Å². The number of nitrogens with zero attached hydrogens (tertiary/aromatic N) is 3. The SMILES string of the molecule is C=Cc1nc2n(-c3ccccc3)c3ccc(-c4ccccc4C(=O)OC)cc3n2c1/C=C\C. The quantitative estimate of drug-likeness (QED) is 0.301. The van der Waals surface area contributed by atoms with Crippen molar-refractivity contribution in [2.24, 2.45) is 0 Å². The van der Waals surface area contributed by atoms with Gasteiger partial charge in [0.25, 0.3) is 0 Å². The number of ether oxygens (including phenoxy) is 1. The van der Waals surface area contributed by atoms with E-state index >= 15 is 0 Å². The minimum atomic E-state index is -0.358. The monoisotopic (exact) mass is 433 g/mol. The van der Waals surface area contributed by atoms with Crippen molar-refractivity contribution < 1.29 is 9.53 Å². The molecule has 3 aromatic carbocycles. The third-order valence-corrected chi connectivity index (χ3v) is 5.76. The van der Waals surface area contributed by atoms with Gasteiger partial charge in [0.1, 0.15) is 0 Å². The van der Waals surface area contributed by atoms with Gasteiger partial charge in [-0.15, -0.1) is 0 Å². The number of allylic oxidation sites excluding steroid dienone is 1. The zero-order valence-corrected chi connectivity index (χ0v) is 18.5. The number of fused-ring (bicyclic) bond motifs is 3. The van der Waals surface area contributed by atoms with Crippen molar-refractivity contribution >= 4 is 34.9 Å². The van der Waals surface area contributed by atoms with Crippen LogP contribution < -0.4 is 0 Å². The van der Waals surface area contributed by atoms with Gasteiger partial charge in [0, 0.05) is 5.69 Å². The van der Waals surface area contributed by atoms with Gasteiger partial charge in [-0.1, -0.05) is 55.1 Å². The van der Waals surface area contributed by atoms with Crippen molar-refractivity contribution in [1.29, 1.82) is 0 Å². The number of aromatic nitrogens is 3. The Balaban J connectivity index is 1.88. The fraction of sp³-hybridized carbons (Fsp3) is 0.0714. The second-order valence-corrected chi connectivity index (χ2v) is 7.63. The third-order valence-electron chi connectivity index (χ3n) is 5.76. The lowest BCUT2D eigenvalue weighted by Gasteiger charge is -2.09. The van der Waals surface area contributed by atoms with Crippen LogP contribution in [0, 0.1) is 0 Å². The number of para-hydroxylation sites is 1. The van der Waals surface area contributed by atoms with Crippen molar-refractivity contribution in [3.63, 3.8) is 0 Å². The molecule has 2 aromatic heterocycles. The number of benzene rings is 3. The number of rotatable bonds is 5. The van der Waals surface area contributed by atoms with Gasteiger partial charge >= 0.3 is 5.97 Å². The first-order chi connectivity index (χ1) is 16.2. The molecule has 5 rings (SSSR count). The second-order valence-electron chi connectivity index (χ2n) is 7.63. The van der Waals surface area contributed by atoms with Crippen molar-refractivity contribution in [3.8, 4) is 16.8 Å². The standard InChI is InChI=1S/C28H23N3O2/c1-4-11-24-23(5-2)29-28-30(20-12-7-6-8-13-20)25-17-16-19(18-26(25)31(24)28)21-14-9-10-15-22(21)27(32)33-3/h4-18H,2H2,1,3H3/b11-4-. The highest BCUT2D eigenvalue weighted by Crippen LogP contribution is 2.33. The highest BCUT2D eigenvalue weighted by molar-refractivity contribution is 5.99. The van der Waals surface area contributed by atoms with E-state index in [1.165, 1.54) is 7.11 Å². The van der Waals surface area contributed by atoms with Gasteiger partial charge in [0.05, 0.1) is 35.1 Å². The van der Waals surface area contributed by atoms with Crippen LogP contribution in [0.1, 0.15) is 28.7 Å². The largest absolute Gasteiger partial charge is 0.465 e. The predicted molar refractivity (Wildman–Crippen MR) is 134 cm³/mol. The fourth-order valence-electron chi connectivity index (χ4n) is 4.31. The van der Waals surface area contributed by atoms with Gasteiger partial charge in [-0.3, -0.25) is 8.97 Å². The van der Waals surface area contributed by atoms with E-state index in [4.69, 9.17) is 9.72 Å². The summed E-state index contributed by atoms with van der Waals surface area (Å²) in [4.78, 5) is 17.3. The van der Waals surface area contributed by atoms with Crippen molar-refractivity contribution in [2.45, 2.75) is 6.92 Å². The predicted octanol–water partition coefficient (Wildman–Crippen LogP) is 6.41. The summed E-state index contributed by atoms with van der Waals surface area (Å²) in [6.07, 6.45) is 5.82. The van der Waals surface area contributed by atoms with Gasteiger partial charge in [-0.25, -0.2) is 9.78 Å². The number of carbonyl (C=O) groups excluding carboxylic acids is 1. The molecule has 0 aliphatic heterocycles. The van der Waals surface area contributed by atoms with Crippen LogP contribution in [-0.2, 0) is 4.74 Å². The van der Waals surface area contributed by atoms with Gasteiger partial charge in [-0.2, -0.15) is 0 Å². The lowest BCUT2D eigenvalue weighted by atomic mass is 9.99. The molecule has 5 aromatic rings. The van der Waals surface area contributed by atoms with Crippen LogP contribution in [0.25, 0.3) is 45.8 Å². The van der Waals surface area contributed by atoms with E-state index < -0.39 is 0 Å². The smallest absolute Gasteiger partial charge is 0.338 e. The van der Waals surface area contributed by atoms with Gasteiger partial charge < -0.3 is 4.74 Å². The number of esters is 1.